The van der Waals surface area contributed by atoms with E-state index in [-0.39, 0.29) is 5.25 Å². The normalized spacial score (nSPS) is 20.4. The van der Waals surface area contributed by atoms with E-state index in [2.05, 4.69) is 54.0 Å². The van der Waals surface area contributed by atoms with Crippen LogP contribution in [0.3, 0.4) is 0 Å². The van der Waals surface area contributed by atoms with Crippen LogP contribution in [0.5, 0.6) is 0 Å². The lowest BCUT2D eigenvalue weighted by molar-refractivity contribution is 0.278. The summed E-state index contributed by atoms with van der Waals surface area (Å²) in [6.45, 7) is 6.80. The van der Waals surface area contributed by atoms with Gasteiger partial charge < -0.3 is 4.57 Å². The van der Waals surface area contributed by atoms with E-state index in [0.29, 0.717) is 11.7 Å². The highest BCUT2D eigenvalue weighted by Gasteiger charge is 2.27. The number of fused-ring (bicyclic) bond motifs is 3. The van der Waals surface area contributed by atoms with Gasteiger partial charge in [-0.15, -0.1) is 0 Å². The van der Waals surface area contributed by atoms with Crippen molar-refractivity contribution in [2.75, 3.05) is 5.75 Å². The summed E-state index contributed by atoms with van der Waals surface area (Å²) in [7, 11) is -2.91. The molecule has 0 radical (unpaired) electrons. The van der Waals surface area contributed by atoms with E-state index in [0.717, 1.165) is 31.7 Å². The van der Waals surface area contributed by atoms with Gasteiger partial charge >= 0.3 is 0 Å². The van der Waals surface area contributed by atoms with Gasteiger partial charge in [-0.2, -0.15) is 0 Å². The molecule has 0 spiro atoms. The van der Waals surface area contributed by atoms with E-state index in [1.54, 1.807) is 13.8 Å². The summed E-state index contributed by atoms with van der Waals surface area (Å²) in [6.07, 6.45) is 6.81. The average molecular weight is 426 g/mol. The number of aromatic nitrogens is 1. The summed E-state index contributed by atoms with van der Waals surface area (Å²) in [4.78, 5) is 0. The first kappa shape index (κ1) is 21.4. The molecule has 1 aliphatic rings. The van der Waals surface area contributed by atoms with E-state index < -0.39 is 9.84 Å². The summed E-state index contributed by atoms with van der Waals surface area (Å²) in [5.74, 6) is 1.48. The molecule has 0 saturated heterocycles. The summed E-state index contributed by atoms with van der Waals surface area (Å²) >= 11 is 0. The maximum Gasteiger partial charge on any atom is 0.152 e. The smallest absolute Gasteiger partial charge is 0.152 e. The van der Waals surface area contributed by atoms with Crippen molar-refractivity contribution in [2.24, 2.45) is 11.8 Å². The van der Waals surface area contributed by atoms with E-state index in [9.17, 15) is 8.42 Å². The minimum absolute atomic E-state index is 0.246. The molecule has 1 fully saturated rings. The van der Waals surface area contributed by atoms with Crippen molar-refractivity contribution < 1.29 is 8.42 Å². The summed E-state index contributed by atoms with van der Waals surface area (Å²) in [5.41, 5.74) is 4.07. The van der Waals surface area contributed by atoms with Crippen LogP contribution < -0.4 is 0 Å². The average Bonchev–Trinajstić information content (AvgIpc) is 3.06. The summed E-state index contributed by atoms with van der Waals surface area (Å²) in [5, 5.41) is 2.47. The first-order chi connectivity index (χ1) is 14.4. The minimum atomic E-state index is -2.91. The van der Waals surface area contributed by atoms with Crippen LogP contribution in [0, 0.1) is 11.8 Å². The monoisotopic (exact) mass is 425 g/mol. The van der Waals surface area contributed by atoms with Crippen LogP contribution >= 0.6 is 0 Å². The number of hydrogen-bond donors (Lipinski definition) is 0. The molecule has 4 rings (SSSR count). The van der Waals surface area contributed by atoms with Crippen molar-refractivity contribution in [1.29, 1.82) is 0 Å². The highest BCUT2D eigenvalue weighted by Crippen LogP contribution is 2.34. The quantitative estimate of drug-likeness (QED) is 0.441. The molecule has 1 aliphatic carbocycles. The summed E-state index contributed by atoms with van der Waals surface area (Å²) in [6, 6.07) is 15.7. The van der Waals surface area contributed by atoms with Crippen molar-refractivity contribution in [3.63, 3.8) is 0 Å². The summed E-state index contributed by atoms with van der Waals surface area (Å²) < 4.78 is 26.8. The molecule has 0 atom stereocenters. The minimum Gasteiger partial charge on any atom is -0.341 e. The molecule has 1 heterocycles. The van der Waals surface area contributed by atoms with E-state index in [1.807, 2.05) is 0 Å². The Kier molecular flexibility index (Phi) is 6.24. The molecule has 0 bridgehead atoms. The molecule has 1 saturated carbocycles. The van der Waals surface area contributed by atoms with Gasteiger partial charge in [-0.05, 0) is 82.1 Å². The third kappa shape index (κ3) is 4.30. The molecule has 162 valence electrons. The zero-order valence-corrected chi connectivity index (χ0v) is 19.4. The number of para-hydroxylation sites is 1. The van der Waals surface area contributed by atoms with Crippen LogP contribution in [0.25, 0.3) is 21.8 Å². The van der Waals surface area contributed by atoms with Crippen molar-refractivity contribution in [2.45, 2.75) is 71.1 Å². The second-order valence-electron chi connectivity index (χ2n) is 9.42. The lowest BCUT2D eigenvalue weighted by Crippen LogP contribution is -2.26. The van der Waals surface area contributed by atoms with Gasteiger partial charge in [-0.3, -0.25) is 0 Å². The predicted molar refractivity (Wildman–Crippen MR) is 128 cm³/mol. The van der Waals surface area contributed by atoms with Crippen LogP contribution in [-0.2, 0) is 22.8 Å². The molecule has 1 aromatic heterocycles. The highest BCUT2D eigenvalue weighted by molar-refractivity contribution is 7.91. The zero-order valence-electron chi connectivity index (χ0n) is 18.6. The number of hydrogen-bond acceptors (Lipinski definition) is 2. The molecule has 0 aliphatic heterocycles. The Balaban J connectivity index is 1.40. The predicted octanol–water partition coefficient (Wildman–Crippen LogP) is 6.38. The molecule has 4 heteroatoms. The Morgan fingerprint density at radius 1 is 0.933 bits per heavy atom. The number of aryl methyl sites for hydroxylation is 2. The molecule has 30 heavy (non-hydrogen) atoms. The van der Waals surface area contributed by atoms with Gasteiger partial charge in [0.05, 0.1) is 11.0 Å². The van der Waals surface area contributed by atoms with E-state index in [1.165, 1.54) is 46.6 Å². The van der Waals surface area contributed by atoms with Gasteiger partial charge in [0.2, 0.25) is 0 Å². The van der Waals surface area contributed by atoms with Gasteiger partial charge in [0.15, 0.2) is 9.84 Å². The molecule has 0 amide bonds. The number of benzene rings is 2. The van der Waals surface area contributed by atoms with Crippen LogP contribution in [0.4, 0.5) is 0 Å². The van der Waals surface area contributed by atoms with Crippen molar-refractivity contribution >= 4 is 31.6 Å². The Morgan fingerprint density at radius 3 is 2.30 bits per heavy atom. The fraction of sp³-hybridized carbons (Fsp3) is 0.538. The van der Waals surface area contributed by atoms with Crippen molar-refractivity contribution in [1.82, 2.24) is 4.57 Å². The fourth-order valence-corrected chi connectivity index (χ4v) is 6.55. The third-order valence-corrected chi connectivity index (χ3v) is 9.52. The largest absolute Gasteiger partial charge is 0.341 e. The fourth-order valence-electron chi connectivity index (χ4n) is 5.18. The van der Waals surface area contributed by atoms with Gasteiger partial charge in [-0.25, -0.2) is 8.42 Å². The van der Waals surface area contributed by atoms with Crippen LogP contribution in [0.2, 0.25) is 0 Å². The maximum absolute atomic E-state index is 12.2. The van der Waals surface area contributed by atoms with E-state index >= 15 is 0 Å². The number of sulfone groups is 1. The molecule has 3 nitrogen and oxygen atoms in total. The van der Waals surface area contributed by atoms with Crippen molar-refractivity contribution in [3.05, 3.63) is 48.0 Å². The van der Waals surface area contributed by atoms with E-state index in [4.69, 9.17) is 0 Å². The molecule has 0 N–H and O–H groups in total. The molecule has 0 unspecified atom stereocenters. The molecule has 3 aromatic rings. The zero-order chi connectivity index (χ0) is 21.3. The molecular formula is C26H35NO2S. The third-order valence-electron chi connectivity index (χ3n) is 7.15. The molecular weight excluding hydrogens is 390 g/mol. The SMILES string of the molecule is CCn1c2ccccc2c2cc(CCC3CCC(CS(=O)(=O)C(C)C)CC3)ccc21. The number of rotatable bonds is 7. The van der Waals surface area contributed by atoms with Crippen LogP contribution in [-0.4, -0.2) is 24.0 Å². The Hall–Kier alpha value is -1.81. The van der Waals surface area contributed by atoms with Gasteiger partial charge in [0, 0.05) is 28.4 Å². The highest BCUT2D eigenvalue weighted by atomic mass is 32.2. The lowest BCUT2D eigenvalue weighted by Gasteiger charge is -2.28. The first-order valence-corrected chi connectivity index (χ1v) is 13.3. The lowest BCUT2D eigenvalue weighted by atomic mass is 9.80. The second-order valence-corrected chi connectivity index (χ2v) is 12.0. The van der Waals surface area contributed by atoms with Crippen molar-refractivity contribution in [3.8, 4) is 0 Å². The Labute approximate surface area is 181 Å². The van der Waals surface area contributed by atoms with Crippen LogP contribution in [0.1, 0.15) is 58.4 Å². The second kappa shape index (κ2) is 8.74. The maximum atomic E-state index is 12.2. The number of nitrogens with zero attached hydrogens (tertiary/aromatic N) is 1. The van der Waals surface area contributed by atoms with Gasteiger partial charge in [-0.1, -0.05) is 37.1 Å². The Morgan fingerprint density at radius 2 is 1.60 bits per heavy atom. The Bertz CT molecular complexity index is 1120. The first-order valence-electron chi connectivity index (χ1n) is 11.6. The van der Waals surface area contributed by atoms with Gasteiger partial charge in [0.1, 0.15) is 0 Å². The standard InChI is InChI=1S/C26H35NO2S/c1-4-27-25-8-6-5-7-23(25)24-17-21(15-16-26(24)27)12-9-20-10-13-22(14-11-20)18-30(28,29)19(2)3/h5-8,15-17,19-20,22H,4,9-14,18H2,1-3H3. The van der Waals surface area contributed by atoms with Crippen LogP contribution in [0.15, 0.2) is 42.5 Å². The van der Waals surface area contributed by atoms with Gasteiger partial charge in [0.25, 0.3) is 0 Å². The molecule has 2 aromatic carbocycles. The topological polar surface area (TPSA) is 39.1 Å².